The van der Waals surface area contributed by atoms with Crippen molar-refractivity contribution in [2.45, 2.75) is 52.1 Å². The molecule has 88 valence electrons. The Labute approximate surface area is 94.6 Å². The molecule has 0 spiro atoms. The molecular weight excluding hydrogens is 184 g/mol. The normalized spacial score (nSPS) is 33.6. The summed E-state index contributed by atoms with van der Waals surface area (Å²) < 4.78 is 0. The molecule has 2 aliphatic heterocycles. The molecule has 0 saturated carbocycles. The quantitative estimate of drug-likeness (QED) is 0.704. The number of rotatable bonds is 3. The predicted octanol–water partition coefficient (Wildman–Crippen LogP) is 2.20. The summed E-state index contributed by atoms with van der Waals surface area (Å²) in [6.07, 6.45) is 4.16. The van der Waals surface area contributed by atoms with Crippen molar-refractivity contribution in [1.29, 1.82) is 0 Å². The van der Waals surface area contributed by atoms with Gasteiger partial charge >= 0.3 is 0 Å². The van der Waals surface area contributed by atoms with Crippen LogP contribution in [0, 0.1) is 5.92 Å². The Balaban J connectivity index is 2.01. The topological polar surface area (TPSA) is 6.48 Å². The van der Waals surface area contributed by atoms with Gasteiger partial charge in [-0.05, 0) is 38.3 Å². The number of hydrogen-bond donors (Lipinski definition) is 0. The second-order valence-corrected chi connectivity index (χ2v) is 5.60. The molecule has 2 fully saturated rings. The number of piperazine rings is 1. The molecule has 0 aromatic carbocycles. The van der Waals surface area contributed by atoms with Crippen LogP contribution in [-0.2, 0) is 0 Å². The van der Waals surface area contributed by atoms with Crippen LogP contribution in [0.4, 0.5) is 0 Å². The third-order valence-electron chi connectivity index (χ3n) is 4.12. The summed E-state index contributed by atoms with van der Waals surface area (Å²) in [4.78, 5) is 5.48. The van der Waals surface area contributed by atoms with E-state index in [4.69, 9.17) is 0 Å². The Kier molecular flexibility index (Phi) is 3.68. The summed E-state index contributed by atoms with van der Waals surface area (Å²) >= 11 is 0. The van der Waals surface area contributed by atoms with Crippen molar-refractivity contribution in [3.8, 4) is 0 Å². The molecule has 15 heavy (non-hydrogen) atoms. The molecule has 2 rings (SSSR count). The summed E-state index contributed by atoms with van der Waals surface area (Å²) in [5, 5.41) is 0. The largest absolute Gasteiger partial charge is 0.298 e. The van der Waals surface area contributed by atoms with Crippen LogP contribution in [0.2, 0.25) is 0 Å². The molecule has 2 nitrogen and oxygen atoms in total. The first kappa shape index (κ1) is 11.4. The van der Waals surface area contributed by atoms with Crippen molar-refractivity contribution in [1.82, 2.24) is 9.80 Å². The van der Waals surface area contributed by atoms with E-state index in [1.165, 1.54) is 45.4 Å². The van der Waals surface area contributed by atoms with Crippen LogP contribution < -0.4 is 0 Å². The van der Waals surface area contributed by atoms with Crippen LogP contribution in [0.25, 0.3) is 0 Å². The maximum absolute atomic E-state index is 2.75. The monoisotopic (exact) mass is 210 g/mol. The zero-order chi connectivity index (χ0) is 10.8. The van der Waals surface area contributed by atoms with Crippen LogP contribution >= 0.6 is 0 Å². The summed E-state index contributed by atoms with van der Waals surface area (Å²) in [7, 11) is 0. The summed E-state index contributed by atoms with van der Waals surface area (Å²) in [6, 6.07) is 1.69. The summed E-state index contributed by atoms with van der Waals surface area (Å²) in [5.74, 6) is 0.804. The Bertz CT molecular complexity index is 203. The van der Waals surface area contributed by atoms with Crippen molar-refractivity contribution in [3.05, 3.63) is 0 Å². The molecule has 0 aromatic heterocycles. The van der Waals surface area contributed by atoms with Gasteiger partial charge in [-0.25, -0.2) is 0 Å². The third-order valence-corrected chi connectivity index (χ3v) is 4.12. The van der Waals surface area contributed by atoms with Crippen LogP contribution in [0.1, 0.15) is 40.0 Å². The van der Waals surface area contributed by atoms with Crippen LogP contribution in [-0.4, -0.2) is 48.1 Å². The first-order chi connectivity index (χ1) is 7.22. The Morgan fingerprint density at radius 1 is 1.27 bits per heavy atom. The Hall–Kier alpha value is -0.0800. The fourth-order valence-corrected chi connectivity index (χ4v) is 3.28. The maximum Gasteiger partial charge on any atom is 0.0246 e. The SMILES string of the molecule is CCCN1CC2CCCN2CC1C(C)C. The average molecular weight is 210 g/mol. The lowest BCUT2D eigenvalue weighted by atomic mass is 9.97. The van der Waals surface area contributed by atoms with Crippen LogP contribution in [0.5, 0.6) is 0 Å². The molecule has 2 saturated heterocycles. The Morgan fingerprint density at radius 2 is 2.07 bits per heavy atom. The minimum Gasteiger partial charge on any atom is -0.298 e. The van der Waals surface area contributed by atoms with E-state index >= 15 is 0 Å². The predicted molar refractivity (Wildman–Crippen MR) is 65.1 cm³/mol. The van der Waals surface area contributed by atoms with E-state index in [0.29, 0.717) is 0 Å². The van der Waals surface area contributed by atoms with Gasteiger partial charge in [-0.2, -0.15) is 0 Å². The lowest BCUT2D eigenvalue weighted by molar-refractivity contribution is 0.0295. The standard InChI is InChI=1S/C13H26N2/c1-4-7-15-9-12-6-5-8-14(12)10-13(15)11(2)3/h11-13H,4-10H2,1-3H3. The minimum absolute atomic E-state index is 0.804. The molecule has 2 heteroatoms. The zero-order valence-electron chi connectivity index (χ0n) is 10.6. The molecule has 0 N–H and O–H groups in total. The van der Waals surface area contributed by atoms with Crippen LogP contribution in [0.3, 0.4) is 0 Å². The molecule has 0 aromatic rings. The highest BCUT2D eigenvalue weighted by molar-refractivity contribution is 4.92. The van der Waals surface area contributed by atoms with Gasteiger partial charge in [-0.15, -0.1) is 0 Å². The molecular formula is C13H26N2. The smallest absolute Gasteiger partial charge is 0.0246 e. The zero-order valence-corrected chi connectivity index (χ0v) is 10.6. The van der Waals surface area contributed by atoms with Crippen molar-refractivity contribution in [2.75, 3.05) is 26.2 Å². The van der Waals surface area contributed by atoms with E-state index in [-0.39, 0.29) is 0 Å². The van der Waals surface area contributed by atoms with Gasteiger partial charge in [0.05, 0.1) is 0 Å². The molecule has 2 unspecified atom stereocenters. The van der Waals surface area contributed by atoms with E-state index in [1.54, 1.807) is 0 Å². The van der Waals surface area contributed by atoms with E-state index in [1.807, 2.05) is 0 Å². The van der Waals surface area contributed by atoms with Crippen molar-refractivity contribution in [3.63, 3.8) is 0 Å². The van der Waals surface area contributed by atoms with Gasteiger partial charge in [0.15, 0.2) is 0 Å². The molecule has 0 radical (unpaired) electrons. The van der Waals surface area contributed by atoms with Crippen molar-refractivity contribution >= 4 is 0 Å². The van der Waals surface area contributed by atoms with E-state index in [2.05, 4.69) is 30.6 Å². The number of fused-ring (bicyclic) bond motifs is 1. The van der Waals surface area contributed by atoms with Crippen molar-refractivity contribution < 1.29 is 0 Å². The molecule has 0 aliphatic carbocycles. The van der Waals surface area contributed by atoms with E-state index < -0.39 is 0 Å². The van der Waals surface area contributed by atoms with Crippen LogP contribution in [0.15, 0.2) is 0 Å². The second-order valence-electron chi connectivity index (χ2n) is 5.60. The molecule has 0 bridgehead atoms. The van der Waals surface area contributed by atoms with Gasteiger partial charge in [-0.3, -0.25) is 9.80 Å². The highest BCUT2D eigenvalue weighted by atomic mass is 15.3. The second kappa shape index (κ2) is 4.84. The fraction of sp³-hybridized carbons (Fsp3) is 1.00. The lowest BCUT2D eigenvalue weighted by Gasteiger charge is -2.45. The molecule has 2 aliphatic rings. The van der Waals surface area contributed by atoms with Gasteiger partial charge in [0.2, 0.25) is 0 Å². The van der Waals surface area contributed by atoms with E-state index in [9.17, 15) is 0 Å². The van der Waals surface area contributed by atoms with Gasteiger partial charge < -0.3 is 0 Å². The highest BCUT2D eigenvalue weighted by Crippen LogP contribution is 2.27. The third kappa shape index (κ3) is 2.36. The van der Waals surface area contributed by atoms with Crippen molar-refractivity contribution in [2.24, 2.45) is 5.92 Å². The Morgan fingerprint density at radius 3 is 2.73 bits per heavy atom. The first-order valence-electron chi connectivity index (χ1n) is 6.70. The molecule has 2 heterocycles. The van der Waals surface area contributed by atoms with Gasteiger partial charge in [-0.1, -0.05) is 20.8 Å². The van der Waals surface area contributed by atoms with Gasteiger partial charge in [0, 0.05) is 25.2 Å². The fourth-order valence-electron chi connectivity index (χ4n) is 3.28. The lowest BCUT2D eigenvalue weighted by Crippen LogP contribution is -2.57. The summed E-state index contributed by atoms with van der Waals surface area (Å²) in [5.41, 5.74) is 0. The summed E-state index contributed by atoms with van der Waals surface area (Å²) in [6.45, 7) is 12.4. The molecule has 2 atom stereocenters. The first-order valence-corrected chi connectivity index (χ1v) is 6.70. The van der Waals surface area contributed by atoms with Gasteiger partial charge in [0.1, 0.15) is 0 Å². The maximum atomic E-state index is 2.75. The average Bonchev–Trinajstić information content (AvgIpc) is 2.63. The number of hydrogen-bond acceptors (Lipinski definition) is 2. The van der Waals surface area contributed by atoms with Gasteiger partial charge in [0.25, 0.3) is 0 Å². The van der Waals surface area contributed by atoms with E-state index in [0.717, 1.165) is 18.0 Å². The molecule has 0 amide bonds. The highest BCUT2D eigenvalue weighted by Gasteiger charge is 2.36. The minimum atomic E-state index is 0.804. The number of nitrogens with zero attached hydrogens (tertiary/aromatic N) is 2.